The third-order valence-electron chi connectivity index (χ3n) is 4.52. The van der Waals surface area contributed by atoms with Crippen LogP contribution in [0.3, 0.4) is 0 Å². The standard InChI is InChI=1S/C20H21ClN4/c1-3-25-12-17(8-16(10-22)20(25)23)18-7-6-14(9-19(18)21)15-5-4-13(2)24-11-15/h4-11,16,22-23H,3,12H2,1-2H3. The van der Waals surface area contributed by atoms with Gasteiger partial charge in [-0.1, -0.05) is 35.9 Å². The predicted molar refractivity (Wildman–Crippen MR) is 105 cm³/mol. The number of nitrogens with zero attached hydrogens (tertiary/aromatic N) is 2. The molecule has 2 heterocycles. The first kappa shape index (κ1) is 17.4. The van der Waals surface area contributed by atoms with Gasteiger partial charge in [-0.3, -0.25) is 10.4 Å². The van der Waals surface area contributed by atoms with Gasteiger partial charge in [0, 0.05) is 41.8 Å². The molecule has 1 unspecified atom stereocenters. The summed E-state index contributed by atoms with van der Waals surface area (Å²) in [6.07, 6.45) is 5.13. The second kappa shape index (κ2) is 7.19. The average Bonchev–Trinajstić information content (AvgIpc) is 2.62. The van der Waals surface area contributed by atoms with E-state index in [1.807, 2.05) is 61.4 Å². The molecule has 1 aromatic carbocycles. The van der Waals surface area contributed by atoms with E-state index >= 15 is 0 Å². The van der Waals surface area contributed by atoms with E-state index in [0.29, 0.717) is 17.4 Å². The van der Waals surface area contributed by atoms with Gasteiger partial charge in [0.25, 0.3) is 0 Å². The molecule has 0 bridgehead atoms. The fourth-order valence-electron chi connectivity index (χ4n) is 3.03. The Balaban J connectivity index is 1.96. The molecule has 4 nitrogen and oxygen atoms in total. The van der Waals surface area contributed by atoms with E-state index in [1.54, 1.807) is 0 Å². The van der Waals surface area contributed by atoms with Gasteiger partial charge in [-0.25, -0.2) is 0 Å². The van der Waals surface area contributed by atoms with E-state index in [9.17, 15) is 0 Å². The van der Waals surface area contributed by atoms with Gasteiger partial charge >= 0.3 is 0 Å². The van der Waals surface area contributed by atoms with Gasteiger partial charge in [-0.05, 0) is 42.7 Å². The maximum atomic E-state index is 8.16. The largest absolute Gasteiger partial charge is 0.356 e. The summed E-state index contributed by atoms with van der Waals surface area (Å²) in [7, 11) is 0. The molecule has 5 heteroatoms. The molecule has 0 radical (unpaired) electrons. The van der Waals surface area contributed by atoms with Gasteiger partial charge in [0.15, 0.2) is 0 Å². The lowest BCUT2D eigenvalue weighted by molar-refractivity contribution is 0.469. The van der Waals surface area contributed by atoms with Crippen molar-refractivity contribution in [2.75, 3.05) is 13.1 Å². The van der Waals surface area contributed by atoms with Gasteiger partial charge in [-0.2, -0.15) is 0 Å². The third-order valence-corrected chi connectivity index (χ3v) is 4.83. The highest BCUT2D eigenvalue weighted by Gasteiger charge is 2.24. The lowest BCUT2D eigenvalue weighted by atomic mass is 9.93. The number of halogens is 1. The maximum absolute atomic E-state index is 8.16. The number of nitrogens with one attached hydrogen (secondary N) is 2. The number of hydrogen-bond donors (Lipinski definition) is 2. The Morgan fingerprint density at radius 3 is 2.64 bits per heavy atom. The topological polar surface area (TPSA) is 63.8 Å². The molecule has 1 atom stereocenters. The average molecular weight is 353 g/mol. The van der Waals surface area contributed by atoms with Crippen molar-refractivity contribution < 1.29 is 0 Å². The zero-order valence-corrected chi connectivity index (χ0v) is 15.1. The van der Waals surface area contributed by atoms with E-state index in [4.69, 9.17) is 22.4 Å². The molecule has 0 amide bonds. The second-order valence-corrected chi connectivity index (χ2v) is 6.57. The van der Waals surface area contributed by atoms with Gasteiger partial charge < -0.3 is 10.3 Å². The zero-order valence-electron chi connectivity index (χ0n) is 14.4. The summed E-state index contributed by atoms with van der Waals surface area (Å²) >= 11 is 6.57. The number of hydrogen-bond acceptors (Lipinski definition) is 3. The normalized spacial score (nSPS) is 17.4. The number of aromatic nitrogens is 1. The van der Waals surface area contributed by atoms with E-state index in [2.05, 4.69) is 4.98 Å². The minimum absolute atomic E-state index is 0.291. The van der Waals surface area contributed by atoms with Crippen LogP contribution in [0.1, 0.15) is 18.2 Å². The summed E-state index contributed by atoms with van der Waals surface area (Å²) in [4.78, 5) is 6.31. The highest BCUT2D eigenvalue weighted by molar-refractivity contribution is 6.32. The summed E-state index contributed by atoms with van der Waals surface area (Å²) in [5.74, 6) is 0.181. The van der Waals surface area contributed by atoms with Crippen LogP contribution in [0.25, 0.3) is 16.7 Å². The van der Waals surface area contributed by atoms with Crippen molar-refractivity contribution in [3.63, 3.8) is 0 Å². The molecule has 128 valence electrons. The monoisotopic (exact) mass is 352 g/mol. The SMILES string of the molecule is CCN1CC(c2ccc(-c3ccc(C)nc3)cc2Cl)=CC(C=N)C1=N. The summed E-state index contributed by atoms with van der Waals surface area (Å²) in [6.45, 7) is 5.37. The summed E-state index contributed by atoms with van der Waals surface area (Å²) in [6, 6.07) is 10.1. The molecule has 0 saturated heterocycles. The molecular weight excluding hydrogens is 332 g/mol. The van der Waals surface area contributed by atoms with Crippen LogP contribution in [0.4, 0.5) is 0 Å². The molecule has 2 aromatic rings. The Labute approximate surface area is 153 Å². The fourth-order valence-corrected chi connectivity index (χ4v) is 3.33. The highest BCUT2D eigenvalue weighted by atomic mass is 35.5. The number of likely N-dealkylation sites (N-methyl/N-ethyl adjacent to an activating group) is 1. The zero-order chi connectivity index (χ0) is 18.0. The molecule has 1 aliphatic heterocycles. The summed E-state index contributed by atoms with van der Waals surface area (Å²) in [5, 5.41) is 16.4. The quantitative estimate of drug-likeness (QED) is 0.785. The molecular formula is C20H21ClN4. The van der Waals surface area contributed by atoms with Crippen LogP contribution in [0, 0.1) is 23.7 Å². The Morgan fingerprint density at radius 1 is 1.28 bits per heavy atom. The van der Waals surface area contributed by atoms with Crippen molar-refractivity contribution in [3.05, 3.63) is 58.9 Å². The Kier molecular flexibility index (Phi) is 5.00. The lowest BCUT2D eigenvalue weighted by Crippen LogP contribution is -2.40. The Bertz CT molecular complexity index is 839. The fraction of sp³-hybridized carbons (Fsp3) is 0.250. The van der Waals surface area contributed by atoms with Crippen LogP contribution in [0.5, 0.6) is 0 Å². The first-order valence-electron chi connectivity index (χ1n) is 8.31. The number of rotatable bonds is 4. The first-order chi connectivity index (χ1) is 12.0. The molecule has 25 heavy (non-hydrogen) atoms. The van der Waals surface area contributed by atoms with Gasteiger partial charge in [-0.15, -0.1) is 0 Å². The van der Waals surface area contributed by atoms with Crippen molar-refractivity contribution in [2.45, 2.75) is 13.8 Å². The lowest BCUT2D eigenvalue weighted by Gasteiger charge is -2.32. The van der Waals surface area contributed by atoms with Crippen LogP contribution < -0.4 is 0 Å². The highest BCUT2D eigenvalue weighted by Crippen LogP contribution is 2.32. The van der Waals surface area contributed by atoms with Crippen LogP contribution >= 0.6 is 11.6 Å². The smallest absolute Gasteiger partial charge is 0.109 e. The molecule has 0 aliphatic carbocycles. The maximum Gasteiger partial charge on any atom is 0.109 e. The van der Waals surface area contributed by atoms with Crippen molar-refractivity contribution in [1.29, 1.82) is 10.8 Å². The number of benzene rings is 1. The molecule has 0 spiro atoms. The summed E-state index contributed by atoms with van der Waals surface area (Å²) < 4.78 is 0. The van der Waals surface area contributed by atoms with E-state index < -0.39 is 0 Å². The molecule has 1 aromatic heterocycles. The van der Waals surface area contributed by atoms with Crippen molar-refractivity contribution in [2.24, 2.45) is 5.92 Å². The molecule has 3 rings (SSSR count). The molecule has 2 N–H and O–H groups in total. The Hall–Kier alpha value is -2.46. The van der Waals surface area contributed by atoms with Gasteiger partial charge in [0.05, 0.1) is 5.92 Å². The Morgan fingerprint density at radius 2 is 2.04 bits per heavy atom. The minimum Gasteiger partial charge on any atom is -0.356 e. The van der Waals surface area contributed by atoms with Gasteiger partial charge in [0.1, 0.15) is 5.84 Å². The van der Waals surface area contributed by atoms with E-state index in [-0.39, 0.29) is 5.92 Å². The predicted octanol–water partition coefficient (Wildman–Crippen LogP) is 4.67. The number of pyridine rings is 1. The number of aryl methyl sites for hydroxylation is 1. The minimum atomic E-state index is -0.291. The third kappa shape index (κ3) is 3.49. The molecule has 0 saturated carbocycles. The van der Waals surface area contributed by atoms with Crippen LogP contribution in [-0.2, 0) is 0 Å². The number of amidine groups is 1. The van der Waals surface area contributed by atoms with Crippen molar-refractivity contribution in [1.82, 2.24) is 9.88 Å². The van der Waals surface area contributed by atoms with E-state index in [1.165, 1.54) is 6.21 Å². The van der Waals surface area contributed by atoms with Crippen LogP contribution in [0.2, 0.25) is 5.02 Å². The molecule has 0 fully saturated rings. The second-order valence-electron chi connectivity index (χ2n) is 6.17. The first-order valence-corrected chi connectivity index (χ1v) is 8.69. The van der Waals surface area contributed by atoms with Crippen molar-refractivity contribution in [3.8, 4) is 11.1 Å². The van der Waals surface area contributed by atoms with Gasteiger partial charge in [0.2, 0.25) is 0 Å². The van der Waals surface area contributed by atoms with Crippen LogP contribution in [-0.4, -0.2) is 35.0 Å². The van der Waals surface area contributed by atoms with E-state index in [0.717, 1.165) is 34.5 Å². The van der Waals surface area contributed by atoms with Crippen LogP contribution in [0.15, 0.2) is 42.6 Å². The van der Waals surface area contributed by atoms with Crippen molar-refractivity contribution >= 4 is 29.2 Å². The molecule has 1 aliphatic rings. The summed E-state index contributed by atoms with van der Waals surface area (Å²) in [5.41, 5.74) is 5.07.